The van der Waals surface area contributed by atoms with Crippen molar-refractivity contribution in [3.63, 3.8) is 0 Å². The molecule has 1 aromatic heterocycles. The predicted molar refractivity (Wildman–Crippen MR) is 72.3 cm³/mol. The number of oxime groups is 1. The van der Waals surface area contributed by atoms with Crippen molar-refractivity contribution < 1.29 is 9.76 Å². The Kier molecular flexibility index (Phi) is 4.75. The number of amidine groups is 1. The van der Waals surface area contributed by atoms with Gasteiger partial charge in [0, 0.05) is 12.3 Å². The summed E-state index contributed by atoms with van der Waals surface area (Å²) in [5, 5.41) is 20.7. The van der Waals surface area contributed by atoms with Crippen LogP contribution in [-0.4, -0.2) is 26.3 Å². The van der Waals surface area contributed by atoms with Crippen LogP contribution in [0.1, 0.15) is 32.0 Å². The monoisotopic (exact) mass is 280 g/mol. The van der Waals surface area contributed by atoms with E-state index in [1.807, 2.05) is 0 Å². The third kappa shape index (κ3) is 3.16. The molecule has 19 heavy (non-hydrogen) atoms. The Labute approximate surface area is 115 Å². The Morgan fingerprint density at radius 3 is 2.79 bits per heavy atom. The van der Waals surface area contributed by atoms with Gasteiger partial charge in [-0.15, -0.1) is 0 Å². The van der Waals surface area contributed by atoms with Crippen LogP contribution in [0.4, 0.5) is 0 Å². The number of nitriles is 1. The Hall–Kier alpha value is -1.78. The SMILES string of the molecule is CC[S@@+]([O-])c1cc(C(C)(C)C#N)cnc1C(N)=NO. The van der Waals surface area contributed by atoms with Gasteiger partial charge in [0.25, 0.3) is 0 Å². The lowest BCUT2D eigenvalue weighted by atomic mass is 9.87. The van der Waals surface area contributed by atoms with E-state index in [0.717, 1.165) is 0 Å². The highest BCUT2D eigenvalue weighted by molar-refractivity contribution is 7.91. The molecule has 0 unspecified atom stereocenters. The first-order chi connectivity index (χ1) is 8.87. The first kappa shape index (κ1) is 15.3. The summed E-state index contributed by atoms with van der Waals surface area (Å²) in [6.45, 7) is 5.24. The lowest BCUT2D eigenvalue weighted by molar-refractivity contribution is 0.318. The lowest BCUT2D eigenvalue weighted by Crippen LogP contribution is -2.23. The summed E-state index contributed by atoms with van der Waals surface area (Å²) in [5.41, 5.74) is 5.59. The van der Waals surface area contributed by atoms with Gasteiger partial charge in [0.05, 0.1) is 11.5 Å². The molecule has 3 N–H and O–H groups in total. The summed E-state index contributed by atoms with van der Waals surface area (Å²) in [6, 6.07) is 3.78. The van der Waals surface area contributed by atoms with Gasteiger partial charge < -0.3 is 15.5 Å². The van der Waals surface area contributed by atoms with E-state index in [2.05, 4.69) is 16.2 Å². The molecule has 0 aliphatic rings. The van der Waals surface area contributed by atoms with Gasteiger partial charge in [0.15, 0.2) is 16.4 Å². The molecule has 1 heterocycles. The Morgan fingerprint density at radius 1 is 1.68 bits per heavy atom. The molecular weight excluding hydrogens is 264 g/mol. The normalized spacial score (nSPS) is 13.9. The van der Waals surface area contributed by atoms with Crippen LogP contribution in [0, 0.1) is 11.3 Å². The fraction of sp³-hybridized carbons (Fsp3) is 0.417. The van der Waals surface area contributed by atoms with Crippen molar-refractivity contribution in [3.05, 3.63) is 23.5 Å². The van der Waals surface area contributed by atoms with Crippen molar-refractivity contribution in [2.45, 2.75) is 31.1 Å². The highest BCUT2D eigenvalue weighted by atomic mass is 32.2. The second-order valence-electron chi connectivity index (χ2n) is 4.43. The fourth-order valence-corrected chi connectivity index (χ4v) is 2.36. The van der Waals surface area contributed by atoms with E-state index in [4.69, 9.17) is 16.2 Å². The van der Waals surface area contributed by atoms with Gasteiger partial charge in [-0.1, -0.05) is 5.16 Å². The summed E-state index contributed by atoms with van der Waals surface area (Å²) in [6.07, 6.45) is 1.48. The maximum Gasteiger partial charge on any atom is 0.193 e. The molecule has 0 bridgehead atoms. The fourth-order valence-electron chi connectivity index (χ4n) is 1.42. The molecule has 0 saturated carbocycles. The van der Waals surface area contributed by atoms with E-state index in [-0.39, 0.29) is 11.5 Å². The lowest BCUT2D eigenvalue weighted by Gasteiger charge is -2.18. The molecule has 0 spiro atoms. The van der Waals surface area contributed by atoms with E-state index in [1.54, 1.807) is 26.8 Å². The number of nitrogens with two attached hydrogens (primary N) is 1. The summed E-state index contributed by atoms with van der Waals surface area (Å²) in [5.74, 6) is 0.183. The second kappa shape index (κ2) is 5.91. The molecular formula is C12H16N4O2S. The van der Waals surface area contributed by atoms with Crippen LogP contribution in [0.25, 0.3) is 0 Å². The number of rotatable bonds is 4. The smallest absolute Gasteiger partial charge is 0.193 e. The van der Waals surface area contributed by atoms with Gasteiger partial charge in [-0.2, -0.15) is 5.26 Å². The summed E-state index contributed by atoms with van der Waals surface area (Å²) in [7, 11) is 0. The van der Waals surface area contributed by atoms with Gasteiger partial charge >= 0.3 is 0 Å². The number of nitrogens with zero attached hydrogens (tertiary/aromatic N) is 3. The Balaban J connectivity index is 3.44. The summed E-state index contributed by atoms with van der Waals surface area (Å²) < 4.78 is 12.0. The minimum atomic E-state index is -1.32. The first-order valence-electron chi connectivity index (χ1n) is 5.65. The molecule has 102 valence electrons. The minimum Gasteiger partial charge on any atom is -0.611 e. The van der Waals surface area contributed by atoms with Crippen LogP contribution >= 0.6 is 0 Å². The quantitative estimate of drug-likeness (QED) is 0.281. The van der Waals surface area contributed by atoms with Crippen molar-refractivity contribution in [1.82, 2.24) is 4.98 Å². The van der Waals surface area contributed by atoms with Gasteiger partial charge in [0.2, 0.25) is 0 Å². The van der Waals surface area contributed by atoms with Crippen LogP contribution in [0.15, 0.2) is 22.3 Å². The largest absolute Gasteiger partial charge is 0.611 e. The van der Waals surface area contributed by atoms with E-state index in [0.29, 0.717) is 16.2 Å². The van der Waals surface area contributed by atoms with Crippen molar-refractivity contribution in [2.24, 2.45) is 10.9 Å². The third-order valence-corrected chi connectivity index (χ3v) is 4.04. The van der Waals surface area contributed by atoms with Gasteiger partial charge in [-0.25, -0.2) is 4.98 Å². The highest BCUT2D eigenvalue weighted by Crippen LogP contribution is 2.26. The molecule has 6 nitrogen and oxygen atoms in total. The topological polar surface area (TPSA) is 118 Å². The van der Waals surface area contributed by atoms with E-state index in [9.17, 15) is 4.55 Å². The first-order valence-corrected chi connectivity index (χ1v) is 6.97. The molecule has 0 saturated heterocycles. The number of pyridine rings is 1. The van der Waals surface area contributed by atoms with Crippen molar-refractivity contribution >= 4 is 17.0 Å². The summed E-state index contributed by atoms with van der Waals surface area (Å²) >= 11 is -1.32. The Bertz CT molecular complexity index is 537. The van der Waals surface area contributed by atoms with Gasteiger partial charge in [-0.3, -0.25) is 0 Å². The van der Waals surface area contributed by atoms with Crippen molar-refractivity contribution in [2.75, 3.05) is 5.75 Å². The maximum atomic E-state index is 12.0. The molecule has 7 heteroatoms. The number of hydrogen-bond donors (Lipinski definition) is 2. The summed E-state index contributed by atoms with van der Waals surface area (Å²) in [4.78, 5) is 4.45. The maximum absolute atomic E-state index is 12.0. The van der Waals surface area contributed by atoms with Crippen LogP contribution in [0.2, 0.25) is 0 Å². The van der Waals surface area contributed by atoms with E-state index in [1.165, 1.54) is 6.20 Å². The third-order valence-electron chi connectivity index (χ3n) is 2.71. The molecule has 1 rings (SSSR count). The average molecular weight is 280 g/mol. The zero-order valence-electron chi connectivity index (χ0n) is 11.0. The van der Waals surface area contributed by atoms with Gasteiger partial charge in [-0.05, 0) is 37.5 Å². The zero-order valence-corrected chi connectivity index (χ0v) is 11.9. The zero-order chi connectivity index (χ0) is 14.6. The van der Waals surface area contributed by atoms with E-state index < -0.39 is 16.6 Å². The Morgan fingerprint density at radius 2 is 2.32 bits per heavy atom. The number of aromatic nitrogens is 1. The van der Waals surface area contributed by atoms with Crippen LogP contribution in [-0.2, 0) is 16.6 Å². The van der Waals surface area contributed by atoms with Crippen LogP contribution < -0.4 is 5.73 Å². The minimum absolute atomic E-state index is 0.181. The number of hydrogen-bond acceptors (Lipinski definition) is 5. The molecule has 0 fully saturated rings. The second-order valence-corrected chi connectivity index (χ2v) is 6.14. The molecule has 0 aliphatic heterocycles. The van der Waals surface area contributed by atoms with E-state index >= 15 is 0 Å². The molecule has 0 aromatic carbocycles. The average Bonchev–Trinajstić information content (AvgIpc) is 2.44. The molecule has 1 aromatic rings. The molecule has 0 radical (unpaired) electrons. The molecule has 1 atom stereocenters. The van der Waals surface area contributed by atoms with Crippen molar-refractivity contribution in [1.29, 1.82) is 5.26 Å². The molecule has 0 amide bonds. The van der Waals surface area contributed by atoms with Crippen LogP contribution in [0.3, 0.4) is 0 Å². The standard InChI is InChI=1S/C12H16N4O2S/c1-4-19(18)9-5-8(12(2,3)7-13)6-15-10(9)11(14)16-17/h5-6,17H,4H2,1-3H3,(H2,14,16)/t19-/m1/s1. The van der Waals surface area contributed by atoms with Crippen molar-refractivity contribution in [3.8, 4) is 6.07 Å². The van der Waals surface area contributed by atoms with Crippen LogP contribution in [0.5, 0.6) is 0 Å². The van der Waals surface area contributed by atoms with Gasteiger partial charge in [0.1, 0.15) is 5.75 Å². The predicted octanol–water partition coefficient (Wildman–Crippen LogP) is 1.10. The molecule has 0 aliphatic carbocycles. The highest BCUT2D eigenvalue weighted by Gasteiger charge is 2.26.